The number of ether oxygens (including phenoxy) is 1. The Hall–Kier alpha value is -1.36. The number of nitrogens with zero attached hydrogens (tertiary/aromatic N) is 2. The molecule has 0 saturated heterocycles. The smallest absolute Gasteiger partial charge is 0.311 e. The first-order valence-corrected chi connectivity index (χ1v) is 6.89. The van der Waals surface area contributed by atoms with Crippen LogP contribution in [0.5, 0.6) is 0 Å². The van der Waals surface area contributed by atoms with Crippen LogP contribution >= 0.6 is 0 Å². The van der Waals surface area contributed by atoms with Crippen LogP contribution in [-0.4, -0.2) is 28.0 Å². The molecular weight excluding hydrogens is 256 g/mol. The Bertz CT molecular complexity index is 472. The van der Waals surface area contributed by atoms with Gasteiger partial charge < -0.3 is 9.84 Å². The molecule has 1 N–H and O–H groups in total. The van der Waals surface area contributed by atoms with Crippen molar-refractivity contribution in [2.75, 3.05) is 7.11 Å². The monoisotopic (exact) mass is 282 g/mol. The van der Waals surface area contributed by atoms with E-state index >= 15 is 0 Å². The Morgan fingerprint density at radius 2 is 1.95 bits per heavy atom. The van der Waals surface area contributed by atoms with Gasteiger partial charge in [-0.15, -0.1) is 0 Å². The lowest BCUT2D eigenvalue weighted by Crippen LogP contribution is -2.29. The predicted molar refractivity (Wildman–Crippen MR) is 77.2 cm³/mol. The van der Waals surface area contributed by atoms with Gasteiger partial charge in [-0.2, -0.15) is 5.10 Å². The Morgan fingerprint density at radius 3 is 2.35 bits per heavy atom. The number of aliphatic hydroxyl groups is 1. The fourth-order valence-corrected chi connectivity index (χ4v) is 2.40. The molecule has 1 aromatic rings. The molecule has 1 rings (SSSR count). The molecule has 0 aliphatic rings. The summed E-state index contributed by atoms with van der Waals surface area (Å²) in [7, 11) is 3.16. The highest BCUT2D eigenvalue weighted by Crippen LogP contribution is 2.35. The van der Waals surface area contributed by atoms with Gasteiger partial charge in [0.1, 0.15) is 0 Å². The van der Waals surface area contributed by atoms with Gasteiger partial charge in [-0.3, -0.25) is 9.48 Å². The number of aromatic nitrogens is 2. The quantitative estimate of drug-likeness (QED) is 0.860. The minimum atomic E-state index is -0.912. The van der Waals surface area contributed by atoms with Crippen LogP contribution in [0, 0.1) is 11.8 Å². The molecular formula is C15H26N2O3. The second-order valence-corrected chi connectivity index (χ2v) is 6.59. The van der Waals surface area contributed by atoms with Crippen molar-refractivity contribution in [3.8, 4) is 0 Å². The van der Waals surface area contributed by atoms with Gasteiger partial charge >= 0.3 is 5.97 Å². The maximum Gasteiger partial charge on any atom is 0.311 e. The summed E-state index contributed by atoms with van der Waals surface area (Å²) < 4.78 is 6.50. The maximum absolute atomic E-state index is 11.9. The number of hydrogen-bond donors (Lipinski definition) is 1. The molecule has 0 aliphatic heterocycles. The normalized spacial score (nSPS) is 15.2. The van der Waals surface area contributed by atoms with E-state index in [1.54, 1.807) is 10.9 Å². The van der Waals surface area contributed by atoms with E-state index in [4.69, 9.17) is 4.74 Å². The summed E-state index contributed by atoms with van der Waals surface area (Å²) in [6.45, 7) is 9.91. The average molecular weight is 282 g/mol. The highest BCUT2D eigenvalue weighted by molar-refractivity contribution is 5.73. The zero-order valence-electron chi connectivity index (χ0n) is 13.5. The zero-order chi connectivity index (χ0) is 15.7. The van der Waals surface area contributed by atoms with Gasteiger partial charge in [0, 0.05) is 24.2 Å². The SMILES string of the molecule is COC(=O)C(C(C)C)C(O)c1cn(C)nc1C(C)(C)C. The summed E-state index contributed by atoms with van der Waals surface area (Å²) in [5, 5.41) is 15.1. The van der Waals surface area contributed by atoms with Gasteiger partial charge in [0.25, 0.3) is 0 Å². The predicted octanol–water partition coefficient (Wildman–Crippen LogP) is 2.20. The second-order valence-electron chi connectivity index (χ2n) is 6.59. The lowest BCUT2D eigenvalue weighted by molar-refractivity contribution is -0.152. The topological polar surface area (TPSA) is 64.3 Å². The van der Waals surface area contributed by atoms with Gasteiger partial charge in [0.15, 0.2) is 0 Å². The van der Waals surface area contributed by atoms with Crippen molar-refractivity contribution in [3.63, 3.8) is 0 Å². The van der Waals surface area contributed by atoms with Crippen molar-refractivity contribution in [1.82, 2.24) is 9.78 Å². The van der Waals surface area contributed by atoms with Crippen LogP contribution in [0.4, 0.5) is 0 Å². The van der Waals surface area contributed by atoms with Crippen molar-refractivity contribution in [3.05, 3.63) is 17.5 Å². The van der Waals surface area contributed by atoms with Gasteiger partial charge in [0.05, 0.1) is 24.8 Å². The van der Waals surface area contributed by atoms with E-state index in [-0.39, 0.29) is 11.3 Å². The Balaban J connectivity index is 3.25. The van der Waals surface area contributed by atoms with Gasteiger partial charge in [-0.25, -0.2) is 0 Å². The number of esters is 1. The van der Waals surface area contributed by atoms with Crippen molar-refractivity contribution in [2.45, 2.75) is 46.1 Å². The van der Waals surface area contributed by atoms with Gasteiger partial charge in [-0.05, 0) is 5.92 Å². The first-order valence-electron chi connectivity index (χ1n) is 6.89. The van der Waals surface area contributed by atoms with E-state index < -0.39 is 18.0 Å². The molecule has 0 radical (unpaired) electrons. The molecule has 5 heteroatoms. The number of carbonyl (C=O) groups is 1. The molecule has 0 aromatic carbocycles. The van der Waals surface area contributed by atoms with E-state index in [1.165, 1.54) is 7.11 Å². The Labute approximate surface area is 120 Å². The fraction of sp³-hybridized carbons (Fsp3) is 0.733. The van der Waals surface area contributed by atoms with Crippen LogP contribution in [-0.2, 0) is 22.0 Å². The second kappa shape index (κ2) is 5.95. The van der Waals surface area contributed by atoms with Gasteiger partial charge in [-0.1, -0.05) is 34.6 Å². The van der Waals surface area contributed by atoms with Gasteiger partial charge in [0.2, 0.25) is 0 Å². The summed E-state index contributed by atoms with van der Waals surface area (Å²) >= 11 is 0. The van der Waals surface area contributed by atoms with E-state index in [2.05, 4.69) is 5.10 Å². The van der Waals surface area contributed by atoms with E-state index in [9.17, 15) is 9.90 Å². The third-order valence-electron chi connectivity index (χ3n) is 3.42. The fourth-order valence-electron chi connectivity index (χ4n) is 2.40. The van der Waals surface area contributed by atoms with Crippen molar-refractivity contribution in [1.29, 1.82) is 0 Å². The number of carbonyl (C=O) groups excluding carboxylic acids is 1. The number of rotatable bonds is 4. The summed E-state index contributed by atoms with van der Waals surface area (Å²) in [6.07, 6.45) is 0.870. The summed E-state index contributed by atoms with van der Waals surface area (Å²) in [4.78, 5) is 11.9. The first-order chi connectivity index (χ1) is 9.09. The third-order valence-corrected chi connectivity index (χ3v) is 3.42. The molecule has 1 heterocycles. The first kappa shape index (κ1) is 16.7. The standard InChI is InChI=1S/C15H26N2O3/c1-9(2)11(14(19)20-7)12(18)10-8-17(6)16-13(10)15(3,4)5/h8-9,11-12,18H,1-7H3. The van der Waals surface area contributed by atoms with E-state index in [0.717, 1.165) is 5.69 Å². The number of methoxy groups -OCH3 is 1. The van der Waals surface area contributed by atoms with E-state index in [1.807, 2.05) is 41.7 Å². The molecule has 0 spiro atoms. The van der Waals surface area contributed by atoms with Crippen LogP contribution in [0.15, 0.2) is 6.20 Å². The molecule has 0 bridgehead atoms. The zero-order valence-corrected chi connectivity index (χ0v) is 13.5. The summed E-state index contributed by atoms with van der Waals surface area (Å²) in [5.41, 5.74) is 1.31. The van der Waals surface area contributed by atoms with Crippen LogP contribution in [0.3, 0.4) is 0 Å². The molecule has 5 nitrogen and oxygen atoms in total. The van der Waals surface area contributed by atoms with E-state index in [0.29, 0.717) is 5.56 Å². The summed E-state index contributed by atoms with van der Waals surface area (Å²) in [5.74, 6) is -1.01. The van der Waals surface area contributed by atoms with Crippen molar-refractivity contribution in [2.24, 2.45) is 18.9 Å². The average Bonchev–Trinajstić information content (AvgIpc) is 2.70. The molecule has 0 amide bonds. The largest absolute Gasteiger partial charge is 0.469 e. The van der Waals surface area contributed by atoms with Crippen LogP contribution in [0.25, 0.3) is 0 Å². The van der Waals surface area contributed by atoms with Crippen LogP contribution in [0.1, 0.15) is 52.0 Å². The number of aliphatic hydroxyl groups excluding tert-OH is 1. The minimum absolute atomic E-state index is 0.0227. The van der Waals surface area contributed by atoms with Crippen molar-refractivity contribution < 1.29 is 14.6 Å². The molecule has 0 fully saturated rings. The summed E-state index contributed by atoms with van der Waals surface area (Å²) in [6, 6.07) is 0. The molecule has 1 aromatic heterocycles. The lowest BCUT2D eigenvalue weighted by atomic mass is 9.82. The number of hydrogen-bond acceptors (Lipinski definition) is 4. The molecule has 20 heavy (non-hydrogen) atoms. The number of aryl methyl sites for hydroxylation is 1. The highest BCUT2D eigenvalue weighted by atomic mass is 16.5. The minimum Gasteiger partial charge on any atom is -0.469 e. The van der Waals surface area contributed by atoms with Crippen LogP contribution < -0.4 is 0 Å². The molecule has 0 aliphatic carbocycles. The molecule has 0 saturated carbocycles. The molecule has 2 unspecified atom stereocenters. The Morgan fingerprint density at radius 1 is 1.40 bits per heavy atom. The third kappa shape index (κ3) is 3.39. The highest BCUT2D eigenvalue weighted by Gasteiger charge is 2.36. The molecule has 114 valence electrons. The molecule has 2 atom stereocenters. The lowest BCUT2D eigenvalue weighted by Gasteiger charge is -2.26. The van der Waals surface area contributed by atoms with Crippen molar-refractivity contribution >= 4 is 5.97 Å². The Kier molecular flexibility index (Phi) is 4.97. The maximum atomic E-state index is 11.9. The van der Waals surface area contributed by atoms with Crippen LogP contribution in [0.2, 0.25) is 0 Å².